The number of benzene rings is 1. The normalized spacial score (nSPS) is 21.3. The minimum atomic E-state index is -0.748. The molecule has 0 aliphatic carbocycles. The van der Waals surface area contributed by atoms with Gasteiger partial charge >= 0.3 is 0 Å². The SMILES string of the molecule is NC1C(=NNc2c(F)cccc2F)C=NN1N. The number of halogens is 2. The maximum atomic E-state index is 13.2. The van der Waals surface area contributed by atoms with Gasteiger partial charge in [-0.15, -0.1) is 0 Å². The van der Waals surface area contributed by atoms with E-state index in [0.717, 1.165) is 17.3 Å². The fourth-order valence-electron chi connectivity index (χ4n) is 1.23. The predicted octanol–water partition coefficient (Wildman–Crippen LogP) is 0.193. The van der Waals surface area contributed by atoms with Crippen LogP contribution in [0.3, 0.4) is 0 Å². The van der Waals surface area contributed by atoms with Gasteiger partial charge in [0.1, 0.15) is 11.4 Å². The van der Waals surface area contributed by atoms with Crippen LogP contribution in [0.25, 0.3) is 0 Å². The molecule has 5 N–H and O–H groups in total. The van der Waals surface area contributed by atoms with E-state index in [1.807, 2.05) is 0 Å². The quantitative estimate of drug-likeness (QED) is 0.508. The number of rotatable bonds is 2. The molecule has 0 aromatic heterocycles. The van der Waals surface area contributed by atoms with Crippen molar-refractivity contribution in [2.75, 3.05) is 5.43 Å². The van der Waals surface area contributed by atoms with Crippen LogP contribution in [0.2, 0.25) is 0 Å². The van der Waals surface area contributed by atoms with E-state index < -0.39 is 17.8 Å². The molecule has 1 aliphatic heterocycles. The van der Waals surface area contributed by atoms with E-state index in [-0.39, 0.29) is 11.4 Å². The summed E-state index contributed by atoms with van der Waals surface area (Å²) >= 11 is 0. The Morgan fingerprint density at radius 3 is 2.53 bits per heavy atom. The molecule has 1 atom stereocenters. The van der Waals surface area contributed by atoms with Gasteiger partial charge in [-0.25, -0.2) is 19.7 Å². The highest BCUT2D eigenvalue weighted by atomic mass is 19.1. The van der Waals surface area contributed by atoms with Crippen molar-refractivity contribution in [2.24, 2.45) is 21.8 Å². The van der Waals surface area contributed by atoms with Crippen molar-refractivity contribution in [1.82, 2.24) is 5.12 Å². The van der Waals surface area contributed by atoms with Crippen molar-refractivity contribution in [3.8, 4) is 0 Å². The summed E-state index contributed by atoms with van der Waals surface area (Å²) in [6.07, 6.45) is 0.563. The highest BCUT2D eigenvalue weighted by Gasteiger charge is 2.20. The largest absolute Gasteiger partial charge is 0.303 e. The first-order chi connectivity index (χ1) is 8.09. The Morgan fingerprint density at radius 1 is 1.35 bits per heavy atom. The third-order valence-corrected chi connectivity index (χ3v) is 2.17. The number of nitrogens with one attached hydrogen (secondary N) is 1. The lowest BCUT2D eigenvalue weighted by Gasteiger charge is -2.12. The number of anilines is 1. The maximum Gasteiger partial charge on any atom is 0.157 e. The van der Waals surface area contributed by atoms with Gasteiger partial charge < -0.3 is 5.73 Å². The van der Waals surface area contributed by atoms with Crippen LogP contribution in [0.5, 0.6) is 0 Å². The first-order valence-corrected chi connectivity index (χ1v) is 4.70. The predicted molar refractivity (Wildman–Crippen MR) is 59.9 cm³/mol. The molecule has 1 aromatic rings. The van der Waals surface area contributed by atoms with Gasteiger partial charge in [-0.05, 0) is 12.1 Å². The lowest BCUT2D eigenvalue weighted by atomic mass is 10.3. The van der Waals surface area contributed by atoms with Gasteiger partial charge in [0.05, 0.1) is 6.21 Å². The first kappa shape index (κ1) is 11.4. The second kappa shape index (κ2) is 4.44. The van der Waals surface area contributed by atoms with Crippen LogP contribution in [0.4, 0.5) is 14.5 Å². The summed E-state index contributed by atoms with van der Waals surface area (Å²) in [5, 5.41) is 8.38. The van der Waals surface area contributed by atoms with Crippen LogP contribution in [0.1, 0.15) is 0 Å². The van der Waals surface area contributed by atoms with Crippen molar-refractivity contribution in [3.63, 3.8) is 0 Å². The van der Waals surface area contributed by atoms with E-state index in [0.29, 0.717) is 0 Å². The summed E-state index contributed by atoms with van der Waals surface area (Å²) in [6.45, 7) is 0. The Kier molecular flexibility index (Phi) is 2.98. The number of nitrogens with two attached hydrogens (primary N) is 2. The highest BCUT2D eigenvalue weighted by molar-refractivity contribution is 6.34. The minimum absolute atomic E-state index is 0.273. The molecule has 8 heteroatoms. The van der Waals surface area contributed by atoms with Crippen molar-refractivity contribution in [2.45, 2.75) is 6.17 Å². The summed E-state index contributed by atoms with van der Waals surface area (Å²) < 4.78 is 26.5. The Morgan fingerprint density at radius 2 is 2.00 bits per heavy atom. The van der Waals surface area contributed by atoms with Crippen molar-refractivity contribution < 1.29 is 8.78 Å². The number of hydrazone groups is 2. The molecule has 1 heterocycles. The Balaban J connectivity index is 2.18. The van der Waals surface area contributed by atoms with Gasteiger partial charge in [-0.1, -0.05) is 6.07 Å². The number of para-hydroxylation sites is 1. The van der Waals surface area contributed by atoms with Gasteiger partial charge in [0.25, 0.3) is 0 Å². The first-order valence-electron chi connectivity index (χ1n) is 4.70. The molecule has 0 bridgehead atoms. The zero-order valence-electron chi connectivity index (χ0n) is 8.64. The van der Waals surface area contributed by atoms with E-state index in [1.165, 1.54) is 12.3 Å². The minimum Gasteiger partial charge on any atom is -0.303 e. The summed E-state index contributed by atoms with van der Waals surface area (Å²) in [6, 6.07) is 3.49. The van der Waals surface area contributed by atoms with Crippen LogP contribution < -0.4 is 17.0 Å². The fraction of sp³-hybridized carbons (Fsp3) is 0.111. The average molecular weight is 240 g/mol. The second-order valence-electron chi connectivity index (χ2n) is 3.31. The molecule has 0 spiro atoms. The molecule has 0 fully saturated rings. The monoisotopic (exact) mass is 240 g/mol. The summed E-state index contributed by atoms with van der Waals surface area (Å²) in [4.78, 5) is 0. The second-order valence-corrected chi connectivity index (χ2v) is 3.31. The highest BCUT2D eigenvalue weighted by Crippen LogP contribution is 2.17. The number of hydrogen-bond acceptors (Lipinski definition) is 6. The van der Waals surface area contributed by atoms with Crippen LogP contribution in [-0.2, 0) is 0 Å². The standard InChI is InChI=1S/C9H10F2N6/c10-5-2-1-3-6(11)8(5)16-15-7-4-14-17(13)9(7)12/h1-4,9,16H,12-13H2. The van der Waals surface area contributed by atoms with Crippen molar-refractivity contribution >= 4 is 17.6 Å². The van der Waals surface area contributed by atoms with Crippen LogP contribution in [0.15, 0.2) is 28.4 Å². The molecule has 6 nitrogen and oxygen atoms in total. The van der Waals surface area contributed by atoms with Gasteiger partial charge in [-0.3, -0.25) is 5.43 Å². The van der Waals surface area contributed by atoms with Crippen LogP contribution >= 0.6 is 0 Å². The van der Waals surface area contributed by atoms with E-state index >= 15 is 0 Å². The molecular formula is C9H10F2N6. The third kappa shape index (κ3) is 2.22. The Labute approximate surface area is 95.5 Å². The zero-order chi connectivity index (χ0) is 12.4. The van der Waals surface area contributed by atoms with E-state index in [9.17, 15) is 8.78 Å². The smallest absolute Gasteiger partial charge is 0.157 e. The Hall–Kier alpha value is -2.06. The molecule has 90 valence electrons. The van der Waals surface area contributed by atoms with Crippen LogP contribution in [0, 0.1) is 11.6 Å². The lowest BCUT2D eigenvalue weighted by Crippen LogP contribution is -2.44. The number of nitrogens with zero attached hydrogens (tertiary/aromatic N) is 3. The van der Waals surface area contributed by atoms with Gasteiger partial charge in [0.15, 0.2) is 17.8 Å². The summed E-state index contributed by atoms with van der Waals surface area (Å²) in [7, 11) is 0. The number of hydrazine groups is 1. The average Bonchev–Trinajstić information content (AvgIpc) is 2.60. The number of hydrogen-bond donors (Lipinski definition) is 3. The van der Waals surface area contributed by atoms with Gasteiger partial charge in [-0.2, -0.15) is 10.2 Å². The molecule has 0 radical (unpaired) electrons. The van der Waals surface area contributed by atoms with E-state index in [4.69, 9.17) is 11.6 Å². The fourth-order valence-corrected chi connectivity index (χ4v) is 1.23. The molecule has 0 saturated heterocycles. The van der Waals surface area contributed by atoms with E-state index in [2.05, 4.69) is 15.6 Å². The van der Waals surface area contributed by atoms with E-state index in [1.54, 1.807) is 0 Å². The molecule has 0 saturated carbocycles. The summed E-state index contributed by atoms with van der Waals surface area (Å²) in [5.74, 6) is 3.86. The maximum absolute atomic E-state index is 13.2. The molecular weight excluding hydrogens is 230 g/mol. The Bertz CT molecular complexity index is 466. The third-order valence-electron chi connectivity index (χ3n) is 2.17. The molecule has 1 unspecified atom stereocenters. The van der Waals surface area contributed by atoms with Crippen molar-refractivity contribution in [3.05, 3.63) is 29.8 Å². The van der Waals surface area contributed by atoms with Gasteiger partial charge in [0, 0.05) is 0 Å². The van der Waals surface area contributed by atoms with Crippen molar-refractivity contribution in [1.29, 1.82) is 0 Å². The molecule has 1 aromatic carbocycles. The molecule has 0 amide bonds. The molecule has 2 rings (SSSR count). The topological polar surface area (TPSA) is 92.0 Å². The molecule has 17 heavy (non-hydrogen) atoms. The summed E-state index contributed by atoms with van der Waals surface area (Å²) in [5.41, 5.74) is 7.76. The zero-order valence-corrected chi connectivity index (χ0v) is 8.64. The van der Waals surface area contributed by atoms with Gasteiger partial charge in [0.2, 0.25) is 0 Å². The molecule has 1 aliphatic rings. The lowest BCUT2D eigenvalue weighted by molar-refractivity contribution is 0.280. The van der Waals surface area contributed by atoms with Crippen LogP contribution in [-0.4, -0.2) is 23.2 Å².